The van der Waals surface area contributed by atoms with Gasteiger partial charge in [0.25, 0.3) is 0 Å². The summed E-state index contributed by atoms with van der Waals surface area (Å²) in [4.78, 5) is 16.8. The lowest BCUT2D eigenvalue weighted by molar-refractivity contribution is -0.122. The second kappa shape index (κ2) is 8.27. The highest BCUT2D eigenvalue weighted by Crippen LogP contribution is 2.54. The van der Waals surface area contributed by atoms with E-state index >= 15 is 0 Å². The second-order valence-electron chi connectivity index (χ2n) is 9.42. The van der Waals surface area contributed by atoms with Crippen LogP contribution in [0, 0.1) is 5.41 Å². The summed E-state index contributed by atoms with van der Waals surface area (Å²) in [6.07, 6.45) is 7.11. The van der Waals surface area contributed by atoms with E-state index in [1.807, 2.05) is 36.4 Å². The van der Waals surface area contributed by atoms with Crippen molar-refractivity contribution in [1.29, 1.82) is 0 Å². The average molecular weight is 444 g/mol. The summed E-state index contributed by atoms with van der Waals surface area (Å²) in [6.45, 7) is 1.07. The number of piperidine rings is 1. The number of hydrogen-bond acceptors (Lipinski definition) is 4. The molecular weight excluding hydrogens is 414 g/mol. The number of benzene rings is 2. The molecule has 3 N–H and O–H groups in total. The summed E-state index contributed by atoms with van der Waals surface area (Å²) in [6, 6.07) is 18.7. The zero-order valence-corrected chi connectivity index (χ0v) is 18.6. The molecule has 3 aromatic rings. The average Bonchev–Trinajstić information content (AvgIpc) is 3.34. The first-order valence-electron chi connectivity index (χ1n) is 11.9. The molecule has 1 aliphatic carbocycles. The molecule has 170 valence electrons. The van der Waals surface area contributed by atoms with Gasteiger partial charge in [-0.3, -0.25) is 4.79 Å². The van der Waals surface area contributed by atoms with E-state index in [0.717, 1.165) is 48.0 Å². The number of amides is 1. The van der Waals surface area contributed by atoms with Crippen LogP contribution in [0.5, 0.6) is 0 Å². The number of aromatic nitrogens is 1. The van der Waals surface area contributed by atoms with Gasteiger partial charge < -0.3 is 25.1 Å². The molecule has 6 heteroatoms. The summed E-state index contributed by atoms with van der Waals surface area (Å²) >= 11 is 0. The van der Waals surface area contributed by atoms with Crippen molar-refractivity contribution in [3.63, 3.8) is 0 Å². The molecule has 6 nitrogen and oxygen atoms in total. The zero-order chi connectivity index (χ0) is 22.3. The lowest BCUT2D eigenvalue weighted by Gasteiger charge is -2.22. The molecule has 3 heterocycles. The lowest BCUT2D eigenvalue weighted by Crippen LogP contribution is -2.27. The fourth-order valence-corrected chi connectivity index (χ4v) is 4.96. The number of nitrogens with one attached hydrogen (secondary N) is 3. The van der Waals surface area contributed by atoms with Gasteiger partial charge in [-0.25, -0.2) is 0 Å². The Hall–Kier alpha value is -3.25. The third-order valence-electron chi connectivity index (χ3n) is 7.07. The van der Waals surface area contributed by atoms with Crippen LogP contribution in [0.25, 0.3) is 10.9 Å². The standard InChI is InChI=1S/C27H29N3O3/c31-26(27(11-12-27)24-17-32-25(33-24)14-18-6-2-1-3-7-18)29-20-9-10-21-19(15-20)16-23(30-21)22-8-4-5-13-28-22/h1-3,6-7,9-10,15-17,22,25,28,30H,4-5,8,11-14H2,(H,29,31). The maximum atomic E-state index is 13.2. The van der Waals surface area contributed by atoms with Gasteiger partial charge in [0.1, 0.15) is 11.7 Å². The topological polar surface area (TPSA) is 75.4 Å². The highest BCUT2D eigenvalue weighted by Gasteiger charge is 2.56. The molecule has 2 atom stereocenters. The van der Waals surface area contributed by atoms with E-state index in [-0.39, 0.29) is 12.2 Å². The van der Waals surface area contributed by atoms with Crippen molar-refractivity contribution < 1.29 is 14.3 Å². The number of anilines is 1. The minimum absolute atomic E-state index is 0.0261. The Morgan fingerprint density at radius 3 is 2.76 bits per heavy atom. The Bertz CT molecular complexity index is 1190. The second-order valence-corrected chi connectivity index (χ2v) is 9.42. The molecule has 0 bridgehead atoms. The van der Waals surface area contributed by atoms with Crippen LogP contribution in [0.2, 0.25) is 0 Å². The zero-order valence-electron chi connectivity index (χ0n) is 18.6. The molecule has 3 aliphatic rings. The molecule has 1 saturated heterocycles. The number of carbonyl (C=O) groups is 1. The predicted molar refractivity (Wildman–Crippen MR) is 127 cm³/mol. The minimum atomic E-state index is -0.615. The third kappa shape index (κ3) is 4.00. The van der Waals surface area contributed by atoms with Crippen molar-refractivity contribution in [3.8, 4) is 0 Å². The van der Waals surface area contributed by atoms with Crippen LogP contribution >= 0.6 is 0 Å². The first-order chi connectivity index (χ1) is 16.2. The van der Waals surface area contributed by atoms with E-state index in [1.165, 1.54) is 18.5 Å². The number of ether oxygens (including phenoxy) is 2. The Balaban J connectivity index is 1.12. The Morgan fingerprint density at radius 2 is 1.97 bits per heavy atom. The predicted octanol–water partition coefficient (Wildman–Crippen LogP) is 5.16. The minimum Gasteiger partial charge on any atom is -0.459 e. The molecule has 6 rings (SSSR count). The first-order valence-corrected chi connectivity index (χ1v) is 11.9. The Labute approximate surface area is 193 Å². The Kier molecular flexibility index (Phi) is 5.10. The van der Waals surface area contributed by atoms with Crippen molar-refractivity contribution in [2.45, 2.75) is 50.9 Å². The molecule has 1 amide bonds. The monoisotopic (exact) mass is 443 g/mol. The number of fused-ring (bicyclic) bond motifs is 1. The van der Waals surface area contributed by atoms with Gasteiger partial charge in [0.15, 0.2) is 5.76 Å². The van der Waals surface area contributed by atoms with Crippen molar-refractivity contribution in [3.05, 3.63) is 77.9 Å². The molecule has 1 saturated carbocycles. The fourth-order valence-electron chi connectivity index (χ4n) is 4.96. The molecule has 0 spiro atoms. The van der Waals surface area contributed by atoms with Gasteiger partial charge in [-0.15, -0.1) is 0 Å². The maximum absolute atomic E-state index is 13.2. The summed E-state index contributed by atoms with van der Waals surface area (Å²) in [5.41, 5.74) is 3.65. The lowest BCUT2D eigenvalue weighted by atomic mass is 10.0. The fraction of sp³-hybridized carbons (Fsp3) is 0.370. The van der Waals surface area contributed by atoms with Gasteiger partial charge >= 0.3 is 0 Å². The highest BCUT2D eigenvalue weighted by molar-refractivity contribution is 6.00. The summed E-state index contributed by atoms with van der Waals surface area (Å²) in [7, 11) is 0. The van der Waals surface area contributed by atoms with E-state index in [4.69, 9.17) is 9.47 Å². The van der Waals surface area contributed by atoms with Crippen LogP contribution in [0.4, 0.5) is 5.69 Å². The number of aromatic amines is 1. The largest absolute Gasteiger partial charge is 0.459 e. The van der Waals surface area contributed by atoms with Crippen molar-refractivity contribution >= 4 is 22.5 Å². The SMILES string of the molecule is O=C(Nc1ccc2[nH]c(C3CCCCN3)cc2c1)C1(C2=COC(Cc3ccccc3)O2)CC1. The van der Waals surface area contributed by atoms with E-state index in [0.29, 0.717) is 18.2 Å². The number of rotatable bonds is 6. The van der Waals surface area contributed by atoms with Crippen LogP contribution in [0.1, 0.15) is 49.4 Å². The summed E-state index contributed by atoms with van der Waals surface area (Å²) < 4.78 is 11.8. The van der Waals surface area contributed by atoms with E-state index in [2.05, 4.69) is 33.8 Å². The van der Waals surface area contributed by atoms with Gasteiger partial charge in [0.05, 0.1) is 0 Å². The molecule has 1 aromatic heterocycles. The van der Waals surface area contributed by atoms with E-state index in [9.17, 15) is 4.79 Å². The van der Waals surface area contributed by atoms with Gasteiger partial charge in [0.2, 0.25) is 12.2 Å². The quantitative estimate of drug-likeness (QED) is 0.492. The number of carbonyl (C=O) groups excluding carboxylic acids is 1. The molecule has 0 radical (unpaired) electrons. The van der Waals surface area contributed by atoms with Crippen LogP contribution < -0.4 is 10.6 Å². The van der Waals surface area contributed by atoms with E-state index < -0.39 is 5.41 Å². The number of hydrogen-bond donors (Lipinski definition) is 3. The number of H-pyrrole nitrogens is 1. The summed E-state index contributed by atoms with van der Waals surface area (Å²) in [5, 5.41) is 7.82. The normalized spacial score (nSPS) is 23.5. The van der Waals surface area contributed by atoms with Crippen molar-refractivity contribution in [2.24, 2.45) is 5.41 Å². The first kappa shape index (κ1) is 20.4. The molecule has 2 aromatic carbocycles. The molecule has 2 unspecified atom stereocenters. The molecule has 2 fully saturated rings. The van der Waals surface area contributed by atoms with Gasteiger partial charge in [-0.1, -0.05) is 36.8 Å². The molecule has 2 aliphatic heterocycles. The maximum Gasteiger partial charge on any atom is 0.244 e. The highest BCUT2D eigenvalue weighted by atomic mass is 16.7. The molecule has 33 heavy (non-hydrogen) atoms. The van der Waals surface area contributed by atoms with E-state index in [1.54, 1.807) is 6.26 Å². The van der Waals surface area contributed by atoms with Crippen LogP contribution in [-0.4, -0.2) is 23.7 Å². The van der Waals surface area contributed by atoms with Crippen LogP contribution in [0.3, 0.4) is 0 Å². The van der Waals surface area contributed by atoms with Gasteiger partial charge in [0, 0.05) is 34.7 Å². The van der Waals surface area contributed by atoms with Crippen molar-refractivity contribution in [2.75, 3.05) is 11.9 Å². The summed E-state index contributed by atoms with van der Waals surface area (Å²) in [5.74, 6) is 0.621. The van der Waals surface area contributed by atoms with Crippen molar-refractivity contribution in [1.82, 2.24) is 10.3 Å². The van der Waals surface area contributed by atoms with Crippen LogP contribution in [0.15, 0.2) is 66.6 Å². The van der Waals surface area contributed by atoms with Gasteiger partial charge in [-0.05, 0) is 62.1 Å². The van der Waals surface area contributed by atoms with Crippen LogP contribution in [-0.2, 0) is 20.7 Å². The van der Waals surface area contributed by atoms with Gasteiger partial charge in [-0.2, -0.15) is 0 Å². The smallest absolute Gasteiger partial charge is 0.244 e. The molecular formula is C27H29N3O3. The third-order valence-corrected chi connectivity index (χ3v) is 7.07. The Morgan fingerprint density at radius 1 is 1.09 bits per heavy atom.